The van der Waals surface area contributed by atoms with Gasteiger partial charge in [-0.05, 0) is 43.0 Å². The molecule has 1 aliphatic carbocycles. The van der Waals surface area contributed by atoms with Crippen LogP contribution in [0.3, 0.4) is 0 Å². The Kier molecular flexibility index (Phi) is 3.31. The SMILES string of the molecule is CCCC1CC1Nc1ccc(C(F)(F)F)cc1. The number of anilines is 1. The van der Waals surface area contributed by atoms with Crippen molar-refractivity contribution >= 4 is 5.69 Å². The van der Waals surface area contributed by atoms with E-state index < -0.39 is 11.7 Å². The summed E-state index contributed by atoms with van der Waals surface area (Å²) in [5, 5.41) is 3.26. The summed E-state index contributed by atoms with van der Waals surface area (Å²) in [6.07, 6.45) is -0.758. The highest BCUT2D eigenvalue weighted by Gasteiger charge is 2.36. The molecule has 94 valence electrons. The van der Waals surface area contributed by atoms with Crippen LogP contribution < -0.4 is 5.32 Å². The van der Waals surface area contributed by atoms with Gasteiger partial charge < -0.3 is 5.32 Å². The van der Waals surface area contributed by atoms with Crippen LogP contribution in [0.1, 0.15) is 31.7 Å². The van der Waals surface area contributed by atoms with Crippen molar-refractivity contribution < 1.29 is 13.2 Å². The van der Waals surface area contributed by atoms with Crippen LogP contribution >= 0.6 is 0 Å². The molecular weight excluding hydrogens is 227 g/mol. The molecule has 0 saturated heterocycles. The number of hydrogen-bond donors (Lipinski definition) is 1. The quantitative estimate of drug-likeness (QED) is 0.831. The smallest absolute Gasteiger partial charge is 0.382 e. The molecule has 0 spiro atoms. The second-order valence-electron chi connectivity index (χ2n) is 4.61. The van der Waals surface area contributed by atoms with Crippen molar-refractivity contribution in [3.63, 3.8) is 0 Å². The van der Waals surface area contributed by atoms with E-state index in [1.54, 1.807) is 0 Å². The molecule has 2 rings (SSSR count). The predicted molar refractivity (Wildman–Crippen MR) is 61.9 cm³/mol. The molecule has 1 nitrogen and oxygen atoms in total. The average Bonchev–Trinajstić information content (AvgIpc) is 2.96. The van der Waals surface area contributed by atoms with Crippen molar-refractivity contribution in [1.82, 2.24) is 0 Å². The maximum atomic E-state index is 12.3. The summed E-state index contributed by atoms with van der Waals surface area (Å²) in [6.45, 7) is 2.15. The zero-order chi connectivity index (χ0) is 12.5. The van der Waals surface area contributed by atoms with Crippen molar-refractivity contribution in [1.29, 1.82) is 0 Å². The molecule has 1 N–H and O–H groups in total. The van der Waals surface area contributed by atoms with Gasteiger partial charge in [-0.2, -0.15) is 13.2 Å². The number of rotatable bonds is 4. The Balaban J connectivity index is 1.91. The number of benzene rings is 1. The lowest BCUT2D eigenvalue weighted by Crippen LogP contribution is -2.07. The van der Waals surface area contributed by atoms with Crippen LogP contribution in [-0.2, 0) is 6.18 Å². The molecular formula is C13H16F3N. The lowest BCUT2D eigenvalue weighted by molar-refractivity contribution is -0.137. The number of nitrogens with one attached hydrogen (secondary N) is 1. The van der Waals surface area contributed by atoms with Gasteiger partial charge in [-0.3, -0.25) is 0 Å². The first kappa shape index (κ1) is 12.3. The van der Waals surface area contributed by atoms with E-state index in [1.807, 2.05) is 0 Å². The Labute approximate surface area is 99.0 Å². The van der Waals surface area contributed by atoms with E-state index in [4.69, 9.17) is 0 Å². The topological polar surface area (TPSA) is 12.0 Å². The molecule has 0 aromatic heterocycles. The van der Waals surface area contributed by atoms with Crippen LogP contribution in [0.2, 0.25) is 0 Å². The fourth-order valence-corrected chi connectivity index (χ4v) is 2.08. The van der Waals surface area contributed by atoms with Crippen LogP contribution in [0.25, 0.3) is 0 Å². The number of alkyl halides is 3. The minimum atomic E-state index is -4.25. The lowest BCUT2D eigenvalue weighted by Gasteiger charge is -2.09. The monoisotopic (exact) mass is 243 g/mol. The van der Waals surface area contributed by atoms with Gasteiger partial charge in [0.1, 0.15) is 0 Å². The van der Waals surface area contributed by atoms with Crippen LogP contribution in [0.4, 0.5) is 18.9 Å². The molecule has 0 heterocycles. The second kappa shape index (κ2) is 4.59. The molecule has 17 heavy (non-hydrogen) atoms. The molecule has 2 unspecified atom stereocenters. The Morgan fingerprint density at radius 2 is 1.88 bits per heavy atom. The highest BCUT2D eigenvalue weighted by Crippen LogP contribution is 2.37. The maximum absolute atomic E-state index is 12.3. The Bertz CT molecular complexity index is 369. The lowest BCUT2D eigenvalue weighted by atomic mass is 10.2. The largest absolute Gasteiger partial charge is 0.416 e. The summed E-state index contributed by atoms with van der Waals surface area (Å²) in [5.74, 6) is 0.697. The van der Waals surface area contributed by atoms with Gasteiger partial charge in [-0.15, -0.1) is 0 Å². The van der Waals surface area contributed by atoms with Gasteiger partial charge >= 0.3 is 6.18 Å². The average molecular weight is 243 g/mol. The molecule has 0 bridgehead atoms. The first-order chi connectivity index (χ1) is 8.00. The van der Waals surface area contributed by atoms with E-state index >= 15 is 0 Å². The molecule has 4 heteroatoms. The summed E-state index contributed by atoms with van der Waals surface area (Å²) in [7, 11) is 0. The zero-order valence-electron chi connectivity index (χ0n) is 9.72. The Morgan fingerprint density at radius 3 is 2.41 bits per heavy atom. The van der Waals surface area contributed by atoms with E-state index in [0.717, 1.165) is 30.7 Å². The van der Waals surface area contributed by atoms with E-state index in [0.29, 0.717) is 12.0 Å². The molecule has 0 amide bonds. The van der Waals surface area contributed by atoms with Crippen molar-refractivity contribution in [2.45, 2.75) is 38.4 Å². The first-order valence-corrected chi connectivity index (χ1v) is 5.94. The third kappa shape index (κ3) is 3.14. The van der Waals surface area contributed by atoms with Crippen LogP contribution in [-0.4, -0.2) is 6.04 Å². The minimum absolute atomic E-state index is 0.451. The molecule has 2 atom stereocenters. The van der Waals surface area contributed by atoms with Gasteiger partial charge in [-0.25, -0.2) is 0 Å². The molecule has 1 aromatic carbocycles. The van der Waals surface area contributed by atoms with Crippen LogP contribution in [0.5, 0.6) is 0 Å². The van der Waals surface area contributed by atoms with Gasteiger partial charge in [0.15, 0.2) is 0 Å². The first-order valence-electron chi connectivity index (χ1n) is 5.94. The highest BCUT2D eigenvalue weighted by molar-refractivity contribution is 5.47. The molecule has 1 fully saturated rings. The van der Waals surface area contributed by atoms with Crippen LogP contribution in [0, 0.1) is 5.92 Å². The van der Waals surface area contributed by atoms with Crippen molar-refractivity contribution in [2.75, 3.05) is 5.32 Å². The molecule has 0 radical (unpaired) electrons. The van der Waals surface area contributed by atoms with E-state index in [2.05, 4.69) is 12.2 Å². The van der Waals surface area contributed by atoms with Crippen LogP contribution in [0.15, 0.2) is 24.3 Å². The standard InChI is InChI=1S/C13H16F3N/c1-2-3-9-8-12(9)17-11-6-4-10(5-7-11)13(14,15)16/h4-7,9,12,17H,2-3,8H2,1H3. The Morgan fingerprint density at radius 1 is 1.24 bits per heavy atom. The van der Waals surface area contributed by atoms with Gasteiger partial charge in [-0.1, -0.05) is 13.3 Å². The fourth-order valence-electron chi connectivity index (χ4n) is 2.08. The fraction of sp³-hybridized carbons (Fsp3) is 0.538. The maximum Gasteiger partial charge on any atom is 0.416 e. The van der Waals surface area contributed by atoms with Gasteiger partial charge in [0.25, 0.3) is 0 Å². The van der Waals surface area contributed by atoms with Crippen molar-refractivity contribution in [2.24, 2.45) is 5.92 Å². The molecule has 1 aromatic rings. The highest BCUT2D eigenvalue weighted by atomic mass is 19.4. The Hall–Kier alpha value is -1.19. The molecule has 1 aliphatic rings. The molecule has 1 saturated carbocycles. The van der Waals surface area contributed by atoms with Crippen molar-refractivity contribution in [3.05, 3.63) is 29.8 Å². The third-order valence-electron chi connectivity index (χ3n) is 3.15. The van der Waals surface area contributed by atoms with Gasteiger partial charge in [0.05, 0.1) is 5.56 Å². The van der Waals surface area contributed by atoms with Crippen molar-refractivity contribution in [3.8, 4) is 0 Å². The summed E-state index contributed by atoms with van der Waals surface area (Å²) in [6, 6.07) is 5.71. The summed E-state index contributed by atoms with van der Waals surface area (Å²) in [4.78, 5) is 0. The summed E-state index contributed by atoms with van der Waals surface area (Å²) in [5.41, 5.74) is 0.186. The number of hydrogen-bond acceptors (Lipinski definition) is 1. The summed E-state index contributed by atoms with van der Waals surface area (Å²) < 4.78 is 37.0. The zero-order valence-corrected chi connectivity index (χ0v) is 9.72. The van der Waals surface area contributed by atoms with E-state index in [-0.39, 0.29) is 0 Å². The second-order valence-corrected chi connectivity index (χ2v) is 4.61. The van der Waals surface area contributed by atoms with E-state index in [9.17, 15) is 13.2 Å². The third-order valence-corrected chi connectivity index (χ3v) is 3.15. The minimum Gasteiger partial charge on any atom is -0.382 e. The normalized spacial score (nSPS) is 23.5. The predicted octanol–water partition coefficient (Wildman–Crippen LogP) is 4.31. The summed E-state index contributed by atoms with van der Waals surface area (Å²) >= 11 is 0. The van der Waals surface area contributed by atoms with Gasteiger partial charge in [0.2, 0.25) is 0 Å². The number of halogens is 3. The van der Waals surface area contributed by atoms with Gasteiger partial charge in [0, 0.05) is 11.7 Å². The molecule has 0 aliphatic heterocycles. The van der Waals surface area contributed by atoms with E-state index in [1.165, 1.54) is 18.6 Å².